The van der Waals surface area contributed by atoms with Crippen molar-refractivity contribution < 1.29 is 26.7 Å². The number of alkyl halides is 3. The lowest BCUT2D eigenvalue weighted by atomic mass is 10.0. The summed E-state index contributed by atoms with van der Waals surface area (Å²) in [4.78, 5) is 31.0. The summed E-state index contributed by atoms with van der Waals surface area (Å²) in [6.07, 6.45) is -1.68. The monoisotopic (exact) mass is 566 g/mol. The highest BCUT2D eigenvalue weighted by atomic mass is 19.4. The summed E-state index contributed by atoms with van der Waals surface area (Å²) in [5.41, 5.74) is -0.432. The number of aromatic nitrogens is 3. The third-order valence-corrected chi connectivity index (χ3v) is 6.67. The summed E-state index contributed by atoms with van der Waals surface area (Å²) in [6.45, 7) is -0.312. The number of carbonyl (C=O) groups excluding carboxylic acids is 1. The molecule has 1 aliphatic rings. The van der Waals surface area contributed by atoms with Crippen molar-refractivity contribution in [2.75, 3.05) is 23.3 Å². The molecule has 4 aromatic rings. The van der Waals surface area contributed by atoms with E-state index in [1.165, 1.54) is 29.4 Å². The third-order valence-electron chi connectivity index (χ3n) is 6.67. The molecule has 0 aliphatic carbocycles. The predicted molar refractivity (Wildman–Crippen MR) is 138 cm³/mol. The van der Waals surface area contributed by atoms with E-state index in [1.54, 1.807) is 12.1 Å². The van der Waals surface area contributed by atoms with Crippen LogP contribution >= 0.6 is 0 Å². The fourth-order valence-corrected chi connectivity index (χ4v) is 4.60. The van der Waals surface area contributed by atoms with E-state index in [1.807, 2.05) is 6.07 Å². The molecule has 1 atom stereocenters. The van der Waals surface area contributed by atoms with Crippen molar-refractivity contribution in [3.05, 3.63) is 100 Å². The van der Waals surface area contributed by atoms with Gasteiger partial charge in [0.1, 0.15) is 11.4 Å². The van der Waals surface area contributed by atoms with E-state index in [9.17, 15) is 36.8 Å². The van der Waals surface area contributed by atoms with Gasteiger partial charge in [-0.05, 0) is 48.4 Å². The fourth-order valence-electron chi connectivity index (χ4n) is 4.60. The Bertz CT molecular complexity index is 1730. The van der Waals surface area contributed by atoms with Gasteiger partial charge in [-0.2, -0.15) is 28.2 Å². The summed E-state index contributed by atoms with van der Waals surface area (Å²) >= 11 is 0. The SMILES string of the molecule is N#Cc1ccncc1-c1ccc(NC(=O)c2ccc(=O)n(-c3c(F)cccc3F)n2)c(N2CCC(C(F)(F)F)C2)c1. The fraction of sp³-hybridized carbons (Fsp3) is 0.179. The first-order chi connectivity index (χ1) is 19.6. The Hall–Kier alpha value is -5.12. The van der Waals surface area contributed by atoms with Crippen LogP contribution in [-0.2, 0) is 0 Å². The Morgan fingerprint density at radius 1 is 1.07 bits per heavy atom. The van der Waals surface area contributed by atoms with E-state index in [2.05, 4.69) is 15.4 Å². The number of benzene rings is 2. The zero-order valence-corrected chi connectivity index (χ0v) is 21.0. The van der Waals surface area contributed by atoms with Gasteiger partial charge < -0.3 is 10.2 Å². The van der Waals surface area contributed by atoms with Gasteiger partial charge in [0, 0.05) is 37.1 Å². The highest BCUT2D eigenvalue weighted by molar-refractivity contribution is 6.05. The summed E-state index contributed by atoms with van der Waals surface area (Å²) < 4.78 is 69.4. The van der Waals surface area contributed by atoms with Gasteiger partial charge in [-0.15, -0.1) is 0 Å². The van der Waals surface area contributed by atoms with Gasteiger partial charge in [0.25, 0.3) is 11.5 Å². The van der Waals surface area contributed by atoms with Gasteiger partial charge in [-0.25, -0.2) is 8.78 Å². The molecule has 1 saturated heterocycles. The number of amides is 1. The van der Waals surface area contributed by atoms with Gasteiger partial charge in [-0.3, -0.25) is 14.6 Å². The average molecular weight is 566 g/mol. The number of rotatable bonds is 5. The average Bonchev–Trinajstić information content (AvgIpc) is 3.45. The van der Waals surface area contributed by atoms with Gasteiger partial charge in [0.2, 0.25) is 0 Å². The third kappa shape index (κ3) is 5.49. The van der Waals surface area contributed by atoms with E-state index in [4.69, 9.17) is 0 Å². The number of para-hydroxylation sites is 1. The Balaban J connectivity index is 1.53. The van der Waals surface area contributed by atoms with E-state index in [-0.39, 0.29) is 36.6 Å². The Morgan fingerprint density at radius 2 is 1.83 bits per heavy atom. The Labute approximate surface area is 229 Å². The standard InChI is InChI=1S/C28H19F5N6O2/c29-20-2-1-3-21(30)26(20)39-25(40)7-6-23(37-39)27(41)36-22-5-4-16(19-14-35-10-8-17(19)13-34)12-24(22)38-11-9-18(15-38)28(31,32)33/h1-8,10,12,14,18H,9,11,15H2,(H,36,41). The molecule has 13 heteroatoms. The number of pyridine rings is 1. The Morgan fingerprint density at radius 3 is 2.51 bits per heavy atom. The summed E-state index contributed by atoms with van der Waals surface area (Å²) in [5, 5.41) is 15.9. The number of hydrogen-bond donors (Lipinski definition) is 1. The van der Waals surface area contributed by atoms with Crippen LogP contribution in [0, 0.1) is 28.9 Å². The molecule has 0 spiro atoms. The molecule has 1 amide bonds. The van der Waals surface area contributed by atoms with Gasteiger partial charge in [0.15, 0.2) is 11.6 Å². The quantitative estimate of drug-likeness (QED) is 0.338. The van der Waals surface area contributed by atoms with Crippen molar-refractivity contribution in [2.24, 2.45) is 5.92 Å². The minimum absolute atomic E-state index is 0.0460. The van der Waals surface area contributed by atoms with Crippen LogP contribution in [0.1, 0.15) is 22.5 Å². The van der Waals surface area contributed by atoms with Gasteiger partial charge >= 0.3 is 6.18 Å². The molecule has 3 heterocycles. The number of hydrogen-bond acceptors (Lipinski definition) is 6. The molecule has 8 nitrogen and oxygen atoms in total. The van der Waals surface area contributed by atoms with Crippen LogP contribution < -0.4 is 15.8 Å². The van der Waals surface area contributed by atoms with Gasteiger partial charge in [0.05, 0.1) is 28.9 Å². The van der Waals surface area contributed by atoms with Crippen LogP contribution in [0.15, 0.2) is 71.8 Å². The highest BCUT2D eigenvalue weighted by Gasteiger charge is 2.44. The molecule has 0 bridgehead atoms. The Kier molecular flexibility index (Phi) is 7.23. The number of nitrogens with one attached hydrogen (secondary N) is 1. The van der Waals surface area contributed by atoms with Crippen molar-refractivity contribution >= 4 is 17.3 Å². The largest absolute Gasteiger partial charge is 0.393 e. The number of nitriles is 1. The van der Waals surface area contributed by atoms with Crippen LogP contribution in [0.2, 0.25) is 0 Å². The zero-order chi connectivity index (χ0) is 29.3. The number of halogens is 5. The molecule has 1 fully saturated rings. The van der Waals surface area contributed by atoms with Crippen molar-refractivity contribution in [1.82, 2.24) is 14.8 Å². The van der Waals surface area contributed by atoms with E-state index in [0.717, 1.165) is 30.3 Å². The lowest BCUT2D eigenvalue weighted by Gasteiger charge is -2.24. The van der Waals surface area contributed by atoms with Crippen LogP contribution in [0.5, 0.6) is 0 Å². The molecule has 1 N–H and O–H groups in total. The molecule has 2 aromatic carbocycles. The first kappa shape index (κ1) is 27.4. The van der Waals surface area contributed by atoms with E-state index >= 15 is 0 Å². The summed E-state index contributed by atoms with van der Waals surface area (Å²) in [6, 6.07) is 13.1. The molecule has 0 radical (unpaired) electrons. The minimum atomic E-state index is -4.41. The number of carbonyl (C=O) groups is 1. The van der Waals surface area contributed by atoms with Crippen molar-refractivity contribution in [1.29, 1.82) is 5.26 Å². The van der Waals surface area contributed by atoms with E-state index < -0.39 is 40.9 Å². The normalized spacial score (nSPS) is 15.0. The molecule has 41 heavy (non-hydrogen) atoms. The molecular formula is C28H19F5N6O2. The van der Waals surface area contributed by atoms with Crippen molar-refractivity contribution in [3.8, 4) is 22.9 Å². The smallest absolute Gasteiger partial charge is 0.369 e. The topological polar surface area (TPSA) is 104 Å². The maximum absolute atomic E-state index is 14.3. The second-order valence-corrected chi connectivity index (χ2v) is 9.23. The lowest BCUT2D eigenvalue weighted by Crippen LogP contribution is -2.29. The predicted octanol–water partition coefficient (Wildman–Crippen LogP) is 5.09. The van der Waals surface area contributed by atoms with Crippen LogP contribution in [0.3, 0.4) is 0 Å². The second-order valence-electron chi connectivity index (χ2n) is 9.23. The molecule has 208 valence electrons. The van der Waals surface area contributed by atoms with Crippen LogP contribution in [0.25, 0.3) is 16.8 Å². The van der Waals surface area contributed by atoms with Gasteiger partial charge in [-0.1, -0.05) is 12.1 Å². The summed E-state index contributed by atoms with van der Waals surface area (Å²) in [5.74, 6) is -4.61. The van der Waals surface area contributed by atoms with Crippen molar-refractivity contribution in [2.45, 2.75) is 12.6 Å². The lowest BCUT2D eigenvalue weighted by molar-refractivity contribution is -0.168. The molecular weight excluding hydrogens is 547 g/mol. The molecule has 5 rings (SSSR count). The number of nitrogens with zero attached hydrogens (tertiary/aromatic N) is 5. The zero-order valence-electron chi connectivity index (χ0n) is 21.0. The molecule has 1 aliphatic heterocycles. The minimum Gasteiger partial charge on any atom is -0.369 e. The molecule has 0 saturated carbocycles. The number of anilines is 2. The van der Waals surface area contributed by atoms with Crippen molar-refractivity contribution in [3.63, 3.8) is 0 Å². The maximum atomic E-state index is 14.3. The summed E-state index contributed by atoms with van der Waals surface area (Å²) in [7, 11) is 0. The first-order valence-electron chi connectivity index (χ1n) is 12.2. The van der Waals surface area contributed by atoms with E-state index in [0.29, 0.717) is 21.4 Å². The maximum Gasteiger partial charge on any atom is 0.393 e. The second kappa shape index (κ2) is 10.8. The highest BCUT2D eigenvalue weighted by Crippen LogP contribution is 2.40. The first-order valence-corrected chi connectivity index (χ1v) is 12.2. The van der Waals surface area contributed by atoms with Crippen LogP contribution in [0.4, 0.5) is 33.3 Å². The van der Waals surface area contributed by atoms with Crippen LogP contribution in [-0.4, -0.2) is 39.9 Å². The molecule has 2 aromatic heterocycles. The molecule has 1 unspecified atom stereocenters.